The van der Waals surface area contributed by atoms with E-state index < -0.39 is 11.9 Å². The van der Waals surface area contributed by atoms with E-state index in [0.29, 0.717) is 6.42 Å². The fourth-order valence-electron chi connectivity index (χ4n) is 2.68. The summed E-state index contributed by atoms with van der Waals surface area (Å²) >= 11 is 0. The van der Waals surface area contributed by atoms with Crippen molar-refractivity contribution >= 4 is 11.9 Å². The van der Waals surface area contributed by atoms with Crippen LogP contribution in [0.3, 0.4) is 0 Å². The van der Waals surface area contributed by atoms with Crippen LogP contribution in [0.2, 0.25) is 0 Å². The van der Waals surface area contributed by atoms with Gasteiger partial charge in [-0.2, -0.15) is 0 Å². The molecular weight excluding hydrogens is 244 g/mol. The van der Waals surface area contributed by atoms with Gasteiger partial charge in [0.2, 0.25) is 5.91 Å². The van der Waals surface area contributed by atoms with E-state index in [2.05, 4.69) is 5.32 Å². The lowest BCUT2D eigenvalue weighted by Crippen LogP contribution is -2.43. The number of aliphatic carboxylic acids is 1. The zero-order chi connectivity index (χ0) is 14.3. The highest BCUT2D eigenvalue weighted by molar-refractivity contribution is 5.80. The molecule has 0 heterocycles. The van der Waals surface area contributed by atoms with E-state index in [4.69, 9.17) is 10.8 Å². The molecule has 1 amide bonds. The highest BCUT2D eigenvalue weighted by Crippen LogP contribution is 2.22. The van der Waals surface area contributed by atoms with Crippen molar-refractivity contribution in [3.63, 3.8) is 0 Å². The van der Waals surface area contributed by atoms with Gasteiger partial charge in [0.1, 0.15) is 0 Å². The Hall–Kier alpha value is -1.10. The Balaban J connectivity index is 2.46. The molecule has 3 atom stereocenters. The van der Waals surface area contributed by atoms with E-state index in [1.807, 2.05) is 6.92 Å². The second-order valence-corrected chi connectivity index (χ2v) is 5.48. The molecule has 0 radical (unpaired) electrons. The number of carboxylic acids is 1. The molecule has 0 saturated heterocycles. The van der Waals surface area contributed by atoms with Crippen LogP contribution >= 0.6 is 0 Å². The van der Waals surface area contributed by atoms with E-state index in [1.165, 1.54) is 0 Å². The number of amides is 1. The molecule has 4 N–H and O–H groups in total. The monoisotopic (exact) mass is 270 g/mol. The van der Waals surface area contributed by atoms with Gasteiger partial charge in [-0.25, -0.2) is 0 Å². The first-order valence-electron chi connectivity index (χ1n) is 7.32. The topological polar surface area (TPSA) is 92.4 Å². The van der Waals surface area contributed by atoms with Crippen molar-refractivity contribution in [2.24, 2.45) is 17.6 Å². The average Bonchev–Trinajstić information content (AvgIpc) is 2.58. The van der Waals surface area contributed by atoms with Crippen molar-refractivity contribution < 1.29 is 14.7 Å². The molecule has 1 rings (SSSR count). The first-order chi connectivity index (χ1) is 9.06. The summed E-state index contributed by atoms with van der Waals surface area (Å²) < 4.78 is 0. The van der Waals surface area contributed by atoms with Crippen LogP contribution in [0.15, 0.2) is 0 Å². The number of nitrogens with one attached hydrogen (secondary N) is 1. The van der Waals surface area contributed by atoms with Gasteiger partial charge in [-0.05, 0) is 19.3 Å². The third kappa shape index (κ3) is 5.19. The summed E-state index contributed by atoms with van der Waals surface area (Å²) in [4.78, 5) is 23.1. The summed E-state index contributed by atoms with van der Waals surface area (Å²) in [6.07, 6.45) is 6.34. The molecule has 5 nitrogen and oxygen atoms in total. The van der Waals surface area contributed by atoms with Gasteiger partial charge in [-0.3, -0.25) is 9.59 Å². The molecule has 1 aliphatic rings. The number of nitrogens with two attached hydrogens (primary N) is 1. The Morgan fingerprint density at radius 1 is 1.32 bits per heavy atom. The van der Waals surface area contributed by atoms with Crippen molar-refractivity contribution in [3.05, 3.63) is 0 Å². The number of hydrogen-bond acceptors (Lipinski definition) is 3. The van der Waals surface area contributed by atoms with E-state index in [-0.39, 0.29) is 24.4 Å². The fourth-order valence-corrected chi connectivity index (χ4v) is 2.68. The molecule has 0 spiro atoms. The van der Waals surface area contributed by atoms with Crippen molar-refractivity contribution in [1.29, 1.82) is 0 Å². The zero-order valence-corrected chi connectivity index (χ0v) is 11.7. The molecule has 1 saturated carbocycles. The predicted octanol–water partition coefficient (Wildman–Crippen LogP) is 1.51. The minimum Gasteiger partial charge on any atom is -0.481 e. The van der Waals surface area contributed by atoms with Crippen LogP contribution in [0.1, 0.15) is 51.9 Å². The zero-order valence-electron chi connectivity index (χ0n) is 11.7. The maximum Gasteiger partial charge on any atom is 0.308 e. The summed E-state index contributed by atoms with van der Waals surface area (Å²) in [6, 6.07) is -0.0862. The van der Waals surface area contributed by atoms with Gasteiger partial charge in [-0.1, -0.05) is 32.6 Å². The van der Waals surface area contributed by atoms with E-state index in [0.717, 1.165) is 38.5 Å². The van der Waals surface area contributed by atoms with Crippen molar-refractivity contribution in [3.8, 4) is 0 Å². The average molecular weight is 270 g/mol. The molecule has 3 unspecified atom stereocenters. The third-order valence-corrected chi connectivity index (χ3v) is 3.92. The molecule has 19 heavy (non-hydrogen) atoms. The molecular formula is C14H26N2O3. The second-order valence-electron chi connectivity index (χ2n) is 5.48. The summed E-state index contributed by atoms with van der Waals surface area (Å²) in [6.45, 7) is 2.16. The fraction of sp³-hybridized carbons (Fsp3) is 0.857. The standard InChI is InChI=1S/C14H26N2O3/c1-2-6-10(14(18)19)9-16-13(17)11-7-4-3-5-8-12(11)15/h10-12H,2-9,15H2,1H3,(H,16,17)(H,18,19). The van der Waals surface area contributed by atoms with Gasteiger partial charge in [0.25, 0.3) is 0 Å². The summed E-state index contributed by atoms with van der Waals surface area (Å²) in [5, 5.41) is 11.8. The Kier molecular flexibility index (Phi) is 6.84. The highest BCUT2D eigenvalue weighted by Gasteiger charge is 2.27. The lowest BCUT2D eigenvalue weighted by molar-refractivity contribution is -0.142. The van der Waals surface area contributed by atoms with Gasteiger partial charge in [0.15, 0.2) is 0 Å². The van der Waals surface area contributed by atoms with Crippen LogP contribution in [0.5, 0.6) is 0 Å². The molecule has 5 heteroatoms. The van der Waals surface area contributed by atoms with Crippen LogP contribution in [0.4, 0.5) is 0 Å². The van der Waals surface area contributed by atoms with E-state index in [9.17, 15) is 9.59 Å². The van der Waals surface area contributed by atoms with Crippen LogP contribution in [-0.4, -0.2) is 29.6 Å². The quantitative estimate of drug-likeness (QED) is 0.638. The van der Waals surface area contributed by atoms with Crippen LogP contribution < -0.4 is 11.1 Å². The normalized spacial score (nSPS) is 25.4. The summed E-state index contributed by atoms with van der Waals surface area (Å²) in [5.74, 6) is -1.56. The maximum atomic E-state index is 12.1. The van der Waals surface area contributed by atoms with Crippen LogP contribution in [0.25, 0.3) is 0 Å². The molecule has 1 aliphatic carbocycles. The Morgan fingerprint density at radius 3 is 2.63 bits per heavy atom. The smallest absolute Gasteiger partial charge is 0.308 e. The summed E-state index contributed by atoms with van der Waals surface area (Å²) in [7, 11) is 0. The minimum absolute atomic E-state index is 0.0725. The lowest BCUT2D eigenvalue weighted by Gasteiger charge is -2.21. The van der Waals surface area contributed by atoms with Gasteiger partial charge in [0.05, 0.1) is 11.8 Å². The van der Waals surface area contributed by atoms with Crippen LogP contribution in [-0.2, 0) is 9.59 Å². The largest absolute Gasteiger partial charge is 0.481 e. The second kappa shape index (κ2) is 8.15. The van der Waals surface area contributed by atoms with E-state index >= 15 is 0 Å². The molecule has 0 aromatic carbocycles. The molecule has 0 aromatic heterocycles. The third-order valence-electron chi connectivity index (χ3n) is 3.92. The SMILES string of the molecule is CCCC(CNC(=O)C1CCCCCC1N)C(=O)O. The number of carbonyl (C=O) groups is 2. The Bertz CT molecular complexity index is 307. The van der Waals surface area contributed by atoms with Crippen molar-refractivity contribution in [2.45, 2.75) is 57.9 Å². The minimum atomic E-state index is -0.840. The lowest BCUT2D eigenvalue weighted by atomic mass is 9.94. The Labute approximate surface area is 114 Å². The first-order valence-corrected chi connectivity index (χ1v) is 7.32. The first kappa shape index (κ1) is 16.0. The van der Waals surface area contributed by atoms with Crippen molar-refractivity contribution in [1.82, 2.24) is 5.32 Å². The van der Waals surface area contributed by atoms with E-state index in [1.54, 1.807) is 0 Å². The molecule has 1 fully saturated rings. The number of carbonyl (C=O) groups excluding carboxylic acids is 1. The highest BCUT2D eigenvalue weighted by atomic mass is 16.4. The van der Waals surface area contributed by atoms with Gasteiger partial charge in [0, 0.05) is 12.6 Å². The van der Waals surface area contributed by atoms with Gasteiger partial charge < -0.3 is 16.2 Å². The van der Waals surface area contributed by atoms with Crippen molar-refractivity contribution in [2.75, 3.05) is 6.54 Å². The number of hydrogen-bond donors (Lipinski definition) is 3. The molecule has 0 aliphatic heterocycles. The predicted molar refractivity (Wildman–Crippen MR) is 73.6 cm³/mol. The van der Waals surface area contributed by atoms with Crippen LogP contribution in [0, 0.1) is 11.8 Å². The molecule has 0 bridgehead atoms. The maximum absolute atomic E-state index is 12.1. The summed E-state index contributed by atoms with van der Waals surface area (Å²) in [5.41, 5.74) is 6.03. The number of rotatable bonds is 6. The molecule has 110 valence electrons. The van der Waals surface area contributed by atoms with Gasteiger partial charge >= 0.3 is 5.97 Å². The van der Waals surface area contributed by atoms with Gasteiger partial charge in [-0.15, -0.1) is 0 Å². The number of carboxylic acid groups (broad SMARTS) is 1. The molecule has 0 aromatic rings. The Morgan fingerprint density at radius 2 is 2.00 bits per heavy atom.